The molecule has 78 valence electrons. The maximum absolute atomic E-state index is 8.43. The summed E-state index contributed by atoms with van der Waals surface area (Å²) in [5.41, 5.74) is 0.723. The Morgan fingerprint density at radius 1 is 1.44 bits per heavy atom. The normalized spacial score (nSPS) is 9.69. The van der Waals surface area contributed by atoms with Crippen molar-refractivity contribution in [2.45, 2.75) is 0 Å². The number of thiophene rings is 1. The summed E-state index contributed by atoms with van der Waals surface area (Å²) >= 11 is 1.54. The molecule has 3 N–H and O–H groups in total. The van der Waals surface area contributed by atoms with E-state index in [-0.39, 0.29) is 5.90 Å². The van der Waals surface area contributed by atoms with Gasteiger partial charge in [-0.3, -0.25) is 5.41 Å². The molecule has 2 aromatic rings. The second-order valence-corrected chi connectivity index (χ2v) is 3.96. The van der Waals surface area contributed by atoms with Crippen molar-refractivity contribution >= 4 is 33.2 Å². The molecule has 0 aliphatic heterocycles. The van der Waals surface area contributed by atoms with Gasteiger partial charge in [0.1, 0.15) is 5.56 Å². The summed E-state index contributed by atoms with van der Waals surface area (Å²) in [6.07, 6.45) is 0. The first-order valence-corrected chi connectivity index (χ1v) is 5.36. The number of fused-ring (bicyclic) bond motifs is 1. The maximum Gasteiger partial charge on any atom is 0.375 e. The van der Waals surface area contributed by atoms with Gasteiger partial charge in [0.05, 0.1) is 0 Å². The van der Waals surface area contributed by atoms with E-state index in [1.54, 1.807) is 17.4 Å². The van der Waals surface area contributed by atoms with Gasteiger partial charge in [-0.1, -0.05) is 18.2 Å². The summed E-state index contributed by atoms with van der Waals surface area (Å²) in [5, 5.41) is 24.0. The van der Waals surface area contributed by atoms with Crippen LogP contribution in [0, 0.1) is 16.7 Å². The van der Waals surface area contributed by atoms with E-state index in [4.69, 9.17) is 20.8 Å². The first-order chi connectivity index (χ1) is 7.72. The molecule has 1 aromatic heterocycles. The van der Waals surface area contributed by atoms with Gasteiger partial charge in [0.2, 0.25) is 0 Å². The maximum atomic E-state index is 8.43. The molecule has 0 atom stereocenters. The second-order valence-electron chi connectivity index (χ2n) is 3.05. The van der Waals surface area contributed by atoms with Crippen molar-refractivity contribution in [2.75, 3.05) is 0 Å². The van der Waals surface area contributed by atoms with Crippen LogP contribution < -0.4 is 5.41 Å². The molecule has 0 fully saturated rings. The molecule has 0 bridgehead atoms. The number of hydrogen-bond donors (Lipinski definition) is 2. The van der Waals surface area contributed by atoms with E-state index in [1.807, 2.05) is 29.6 Å². The first-order valence-electron chi connectivity index (χ1n) is 4.48. The lowest BCUT2D eigenvalue weighted by molar-refractivity contribution is -0.130. The number of nitriles is 1. The van der Waals surface area contributed by atoms with Gasteiger partial charge in [-0.25, -0.2) is 5.41 Å². The van der Waals surface area contributed by atoms with Crippen molar-refractivity contribution in [2.24, 2.45) is 0 Å². The molecule has 0 radical (unpaired) electrons. The summed E-state index contributed by atoms with van der Waals surface area (Å²) < 4.78 is 5.97. The number of ether oxygens (including phenoxy) is 1. The number of nitrogens with two attached hydrogens (primary N) is 1. The van der Waals surface area contributed by atoms with Crippen LogP contribution in [0.3, 0.4) is 0 Å². The molecule has 16 heavy (non-hydrogen) atoms. The monoisotopic (exact) mass is 230 g/mol. The van der Waals surface area contributed by atoms with Crippen molar-refractivity contribution in [3.05, 3.63) is 35.2 Å². The van der Waals surface area contributed by atoms with Gasteiger partial charge in [0.25, 0.3) is 5.90 Å². The third-order valence-electron chi connectivity index (χ3n) is 2.06. The standard InChI is InChI=1S/C11H7N3OS/c12-5-10(13)15-11(14)8-6-16-9-4-2-1-3-7(8)9/h1-4,6,13-14H/p+1. The Morgan fingerprint density at radius 2 is 2.19 bits per heavy atom. The molecule has 0 amide bonds. The molecule has 0 aliphatic rings. The Balaban J connectivity index is 2.38. The van der Waals surface area contributed by atoms with Crippen LogP contribution in [-0.2, 0) is 4.74 Å². The smallest absolute Gasteiger partial charge is 0.375 e. The molecular weight excluding hydrogens is 222 g/mol. The van der Waals surface area contributed by atoms with E-state index >= 15 is 0 Å². The third-order valence-corrected chi connectivity index (χ3v) is 3.02. The number of nitrogens with one attached hydrogen (secondary N) is 1. The lowest BCUT2D eigenvalue weighted by Crippen LogP contribution is -2.42. The zero-order valence-electron chi connectivity index (χ0n) is 8.23. The lowest BCUT2D eigenvalue weighted by atomic mass is 10.2. The molecule has 4 nitrogen and oxygen atoms in total. The van der Waals surface area contributed by atoms with Gasteiger partial charge >= 0.3 is 5.90 Å². The molecule has 0 spiro atoms. The van der Waals surface area contributed by atoms with Gasteiger partial charge in [0, 0.05) is 15.5 Å². The van der Waals surface area contributed by atoms with Crippen LogP contribution in [0.15, 0.2) is 29.6 Å². The number of nitrogens with zero attached hydrogens (tertiary/aromatic N) is 1. The minimum absolute atomic E-state index is 0.0870. The van der Waals surface area contributed by atoms with Gasteiger partial charge in [0.15, 0.2) is 6.07 Å². The summed E-state index contributed by atoms with van der Waals surface area (Å²) in [5.74, 6) is -0.420. The average Bonchev–Trinajstić information content (AvgIpc) is 2.72. The summed E-state index contributed by atoms with van der Waals surface area (Å²) in [4.78, 5) is 0. The molecule has 0 saturated carbocycles. The summed E-state index contributed by atoms with van der Waals surface area (Å²) in [6, 6.07) is 9.32. The highest BCUT2D eigenvalue weighted by Crippen LogP contribution is 2.25. The Kier molecular flexibility index (Phi) is 2.66. The fraction of sp³-hybridized carbons (Fsp3) is 0. The van der Waals surface area contributed by atoms with Crippen LogP contribution >= 0.6 is 11.3 Å². The molecule has 1 aromatic carbocycles. The van der Waals surface area contributed by atoms with E-state index in [9.17, 15) is 0 Å². The van der Waals surface area contributed by atoms with Gasteiger partial charge < -0.3 is 4.74 Å². The minimum atomic E-state index is -0.507. The predicted molar refractivity (Wildman–Crippen MR) is 62.3 cm³/mol. The van der Waals surface area contributed by atoms with Crippen LogP contribution in [0.4, 0.5) is 0 Å². The minimum Gasteiger partial charge on any atom is -0.376 e. The molecule has 1 heterocycles. The first kappa shape index (κ1) is 10.3. The summed E-state index contributed by atoms with van der Waals surface area (Å²) in [6.45, 7) is 0. The van der Waals surface area contributed by atoms with Crippen LogP contribution in [-0.4, -0.2) is 11.8 Å². The van der Waals surface area contributed by atoms with Crippen LogP contribution in [0.25, 0.3) is 10.1 Å². The molecule has 5 heteroatoms. The van der Waals surface area contributed by atoms with E-state index in [2.05, 4.69) is 0 Å². The molecular formula is C11H8N3OS+. The van der Waals surface area contributed by atoms with E-state index in [0.29, 0.717) is 0 Å². The Morgan fingerprint density at radius 3 is 2.94 bits per heavy atom. The highest BCUT2D eigenvalue weighted by Gasteiger charge is 2.16. The topological polar surface area (TPSA) is 82.5 Å². The predicted octanol–water partition coefficient (Wildman–Crippen LogP) is 0.924. The Bertz CT molecular complexity index is 609. The SMILES string of the molecule is N#CC(=N)OC(=[NH2+])c1csc2ccccc12. The van der Waals surface area contributed by atoms with Gasteiger partial charge in [-0.05, 0) is 6.07 Å². The van der Waals surface area contributed by atoms with Crippen molar-refractivity contribution < 1.29 is 10.1 Å². The quantitative estimate of drug-likeness (QED) is 0.564. The number of hydrogen-bond acceptors (Lipinski definition) is 4. The highest BCUT2D eigenvalue weighted by atomic mass is 32.1. The fourth-order valence-corrected chi connectivity index (χ4v) is 2.31. The van der Waals surface area contributed by atoms with E-state index in [0.717, 1.165) is 15.6 Å². The zero-order valence-corrected chi connectivity index (χ0v) is 9.04. The van der Waals surface area contributed by atoms with Crippen LogP contribution in [0.5, 0.6) is 0 Å². The molecule has 2 rings (SSSR count). The fourth-order valence-electron chi connectivity index (χ4n) is 1.36. The van der Waals surface area contributed by atoms with Crippen molar-refractivity contribution in [1.82, 2.24) is 0 Å². The molecule has 0 aliphatic carbocycles. The molecule has 0 unspecified atom stereocenters. The Labute approximate surface area is 95.7 Å². The van der Waals surface area contributed by atoms with Crippen molar-refractivity contribution in [1.29, 1.82) is 10.7 Å². The second kappa shape index (κ2) is 4.13. The van der Waals surface area contributed by atoms with Crippen molar-refractivity contribution in [3.8, 4) is 6.07 Å². The lowest BCUT2D eigenvalue weighted by Gasteiger charge is -1.96. The van der Waals surface area contributed by atoms with Crippen LogP contribution in [0.1, 0.15) is 5.56 Å². The molecule has 0 saturated heterocycles. The van der Waals surface area contributed by atoms with Crippen molar-refractivity contribution in [3.63, 3.8) is 0 Å². The Hall–Kier alpha value is -2.19. The van der Waals surface area contributed by atoms with E-state index < -0.39 is 5.90 Å². The number of benzene rings is 1. The van der Waals surface area contributed by atoms with Crippen LogP contribution in [0.2, 0.25) is 0 Å². The summed E-state index contributed by atoms with van der Waals surface area (Å²) in [7, 11) is 0. The number of rotatable bonds is 1. The van der Waals surface area contributed by atoms with E-state index in [1.165, 1.54) is 0 Å². The average molecular weight is 230 g/mol. The third kappa shape index (κ3) is 1.78. The van der Waals surface area contributed by atoms with Gasteiger partial charge in [-0.15, -0.1) is 11.3 Å². The zero-order chi connectivity index (χ0) is 11.5. The largest absolute Gasteiger partial charge is 0.376 e. The highest BCUT2D eigenvalue weighted by molar-refractivity contribution is 7.17. The van der Waals surface area contributed by atoms with Gasteiger partial charge in [-0.2, -0.15) is 5.26 Å².